The zero-order valence-corrected chi connectivity index (χ0v) is 40.9. The van der Waals surface area contributed by atoms with Crippen LogP contribution in [0.1, 0.15) is 258 Å². The van der Waals surface area contributed by atoms with Crippen LogP contribution in [-0.4, -0.2) is 59.9 Å². The first-order chi connectivity index (χ1) is 30.1. The second kappa shape index (κ2) is 45.8. The third kappa shape index (κ3) is 44.8. The predicted octanol–water partition coefficient (Wildman–Crippen LogP) is 14.4. The number of esters is 2. The molecule has 366 valence electrons. The number of rotatable bonds is 49. The van der Waals surface area contributed by atoms with Crippen molar-refractivity contribution < 1.29 is 47.5 Å². The topological polar surface area (TPSA) is 172 Å². The van der Waals surface area contributed by atoms with E-state index in [0.29, 0.717) is 12.8 Å². The van der Waals surface area contributed by atoms with Gasteiger partial charge in [0.2, 0.25) is 0 Å². The lowest BCUT2D eigenvalue weighted by molar-refractivity contribution is -0.161. The summed E-state index contributed by atoms with van der Waals surface area (Å²) in [4.78, 5) is 46.2. The molecule has 0 aromatic rings. The number of carbonyl (C=O) groups is 3. The van der Waals surface area contributed by atoms with Crippen molar-refractivity contribution in [2.45, 2.75) is 270 Å². The molecule has 0 aliphatic rings. The molecular formula is C50H96NO10P. The molecule has 0 aromatic heterocycles. The second-order valence-electron chi connectivity index (χ2n) is 17.7. The van der Waals surface area contributed by atoms with Gasteiger partial charge in [-0.1, -0.05) is 219 Å². The molecule has 0 fully saturated rings. The van der Waals surface area contributed by atoms with E-state index in [9.17, 15) is 23.8 Å². The standard InChI is InChI=1S/C50H96NO10P/c1-3-5-7-9-11-13-15-17-19-21-22-23-24-26-28-30-32-34-36-38-40-42-49(53)61-46(44-59-62(56,57)60-45-47(51)50(54)55)43-58-48(52)41-39-37-35-33-31-29-27-25-20-18-16-14-12-10-8-6-4-2/h14,16,46-47H,3-13,15,17-45,51H2,1-2H3,(H,54,55)(H,56,57)/b16-14+/t46-,47+/m1/s1. The maximum Gasteiger partial charge on any atom is 0.472 e. The molecule has 0 aliphatic heterocycles. The van der Waals surface area contributed by atoms with Crippen molar-refractivity contribution in [3.8, 4) is 0 Å². The number of hydrogen-bond acceptors (Lipinski definition) is 9. The normalized spacial score (nSPS) is 13.6. The van der Waals surface area contributed by atoms with Gasteiger partial charge in [-0.25, -0.2) is 4.57 Å². The number of allylic oxidation sites excluding steroid dienone is 2. The molecule has 0 aliphatic carbocycles. The van der Waals surface area contributed by atoms with Crippen LogP contribution in [0.3, 0.4) is 0 Å². The van der Waals surface area contributed by atoms with Crippen LogP contribution in [0.5, 0.6) is 0 Å². The minimum atomic E-state index is -4.72. The molecule has 4 N–H and O–H groups in total. The van der Waals surface area contributed by atoms with Crippen LogP contribution in [-0.2, 0) is 37.5 Å². The Morgan fingerprint density at radius 1 is 0.484 bits per heavy atom. The van der Waals surface area contributed by atoms with E-state index in [4.69, 9.17) is 24.8 Å². The molecule has 3 atom stereocenters. The summed E-state index contributed by atoms with van der Waals surface area (Å²) < 4.78 is 32.9. The smallest absolute Gasteiger partial charge is 0.472 e. The summed E-state index contributed by atoms with van der Waals surface area (Å²) >= 11 is 0. The van der Waals surface area contributed by atoms with Gasteiger partial charge in [-0.2, -0.15) is 0 Å². The van der Waals surface area contributed by atoms with Crippen molar-refractivity contribution in [2.24, 2.45) is 5.73 Å². The summed E-state index contributed by atoms with van der Waals surface area (Å²) in [5.74, 6) is -2.36. The SMILES string of the molecule is CCCCCC/C=C/CCCCCCCCCCCC(=O)OC[C@H](COP(=O)(O)OC[C@H](N)C(=O)O)OC(=O)CCCCCCCCCCCCCCCCCCCCCCC. The molecule has 0 amide bonds. The van der Waals surface area contributed by atoms with E-state index < -0.39 is 51.1 Å². The van der Waals surface area contributed by atoms with Gasteiger partial charge >= 0.3 is 25.7 Å². The monoisotopic (exact) mass is 902 g/mol. The van der Waals surface area contributed by atoms with E-state index >= 15 is 0 Å². The number of carboxylic acid groups (broad SMARTS) is 1. The van der Waals surface area contributed by atoms with E-state index in [1.165, 1.54) is 180 Å². The van der Waals surface area contributed by atoms with Crippen LogP contribution >= 0.6 is 7.82 Å². The van der Waals surface area contributed by atoms with Gasteiger partial charge in [-0.15, -0.1) is 0 Å². The molecule has 0 bridgehead atoms. The summed E-state index contributed by atoms with van der Waals surface area (Å²) in [6.45, 7) is 2.85. The molecule has 0 saturated carbocycles. The van der Waals surface area contributed by atoms with Crippen molar-refractivity contribution in [3.63, 3.8) is 0 Å². The van der Waals surface area contributed by atoms with Crippen LogP contribution in [0.2, 0.25) is 0 Å². The lowest BCUT2D eigenvalue weighted by atomic mass is 10.0. The molecule has 62 heavy (non-hydrogen) atoms. The summed E-state index contributed by atoms with van der Waals surface area (Å²) in [6, 6.07) is -1.52. The number of phosphoric acid groups is 1. The first kappa shape index (κ1) is 60.2. The van der Waals surface area contributed by atoms with E-state index in [1.54, 1.807) is 0 Å². The number of aliphatic carboxylic acids is 1. The fourth-order valence-electron chi connectivity index (χ4n) is 7.47. The zero-order chi connectivity index (χ0) is 45.6. The second-order valence-corrected chi connectivity index (χ2v) is 19.1. The highest BCUT2D eigenvalue weighted by molar-refractivity contribution is 7.47. The lowest BCUT2D eigenvalue weighted by Gasteiger charge is -2.20. The quantitative estimate of drug-likeness (QED) is 0.0230. The molecule has 0 aromatic carbocycles. The van der Waals surface area contributed by atoms with Gasteiger partial charge in [0.05, 0.1) is 13.2 Å². The van der Waals surface area contributed by atoms with Crippen LogP contribution in [0.4, 0.5) is 0 Å². The van der Waals surface area contributed by atoms with Gasteiger partial charge in [0.25, 0.3) is 0 Å². The molecule has 0 rings (SSSR count). The highest BCUT2D eigenvalue weighted by Gasteiger charge is 2.28. The first-order valence-corrected chi connectivity index (χ1v) is 27.2. The average Bonchev–Trinajstić information content (AvgIpc) is 3.25. The summed E-state index contributed by atoms with van der Waals surface area (Å²) in [5, 5.41) is 8.92. The van der Waals surface area contributed by atoms with Gasteiger partial charge < -0.3 is 25.2 Å². The molecule has 0 saturated heterocycles. The van der Waals surface area contributed by atoms with Crippen molar-refractivity contribution in [3.05, 3.63) is 12.2 Å². The molecule has 1 unspecified atom stereocenters. The number of nitrogens with two attached hydrogens (primary N) is 1. The lowest BCUT2D eigenvalue weighted by Crippen LogP contribution is -2.34. The highest BCUT2D eigenvalue weighted by Crippen LogP contribution is 2.43. The van der Waals surface area contributed by atoms with Crippen molar-refractivity contribution in [1.29, 1.82) is 0 Å². The number of phosphoric ester groups is 1. The van der Waals surface area contributed by atoms with Gasteiger partial charge in [-0.05, 0) is 38.5 Å². The molecule has 11 nitrogen and oxygen atoms in total. The minimum absolute atomic E-state index is 0.168. The third-order valence-electron chi connectivity index (χ3n) is 11.5. The summed E-state index contributed by atoms with van der Waals surface area (Å²) in [7, 11) is -4.72. The van der Waals surface area contributed by atoms with Crippen LogP contribution < -0.4 is 5.73 Å². The van der Waals surface area contributed by atoms with Crippen LogP contribution in [0.15, 0.2) is 12.2 Å². The fourth-order valence-corrected chi connectivity index (χ4v) is 8.25. The number of ether oxygens (including phenoxy) is 2. The Morgan fingerprint density at radius 3 is 1.19 bits per heavy atom. The van der Waals surface area contributed by atoms with Gasteiger partial charge in [0.1, 0.15) is 12.6 Å². The largest absolute Gasteiger partial charge is 0.480 e. The van der Waals surface area contributed by atoms with E-state index in [2.05, 4.69) is 30.5 Å². The Kier molecular flexibility index (Phi) is 44.5. The number of hydrogen-bond donors (Lipinski definition) is 3. The molecule has 0 spiro atoms. The van der Waals surface area contributed by atoms with Crippen molar-refractivity contribution in [1.82, 2.24) is 0 Å². The van der Waals surface area contributed by atoms with Crippen molar-refractivity contribution >= 4 is 25.7 Å². The third-order valence-corrected chi connectivity index (χ3v) is 12.5. The number of carbonyl (C=O) groups excluding carboxylic acids is 2. The highest BCUT2D eigenvalue weighted by atomic mass is 31.2. The minimum Gasteiger partial charge on any atom is -0.480 e. The van der Waals surface area contributed by atoms with E-state index in [0.717, 1.165) is 38.5 Å². The average molecular weight is 902 g/mol. The van der Waals surface area contributed by atoms with Crippen LogP contribution in [0.25, 0.3) is 0 Å². The maximum absolute atomic E-state index is 12.7. The van der Waals surface area contributed by atoms with E-state index in [1.807, 2.05) is 0 Å². The summed E-state index contributed by atoms with van der Waals surface area (Å²) in [6.07, 6.45) is 48.4. The van der Waals surface area contributed by atoms with Gasteiger partial charge in [0.15, 0.2) is 6.10 Å². The summed E-state index contributed by atoms with van der Waals surface area (Å²) in [5.41, 5.74) is 5.35. The van der Waals surface area contributed by atoms with Gasteiger partial charge in [0, 0.05) is 12.8 Å². The maximum atomic E-state index is 12.7. The Hall–Kier alpha value is -1.78. The van der Waals surface area contributed by atoms with Crippen molar-refractivity contribution in [2.75, 3.05) is 19.8 Å². The first-order valence-electron chi connectivity index (χ1n) is 25.7. The molecule has 12 heteroatoms. The van der Waals surface area contributed by atoms with Crippen LogP contribution in [0, 0.1) is 0 Å². The Labute approximate surface area is 379 Å². The molecular weight excluding hydrogens is 806 g/mol. The fraction of sp³-hybridized carbons (Fsp3) is 0.900. The zero-order valence-electron chi connectivity index (χ0n) is 40.0. The predicted molar refractivity (Wildman–Crippen MR) is 254 cm³/mol. The number of carboxylic acids is 1. The Bertz CT molecular complexity index is 1110. The van der Waals surface area contributed by atoms with E-state index in [-0.39, 0.29) is 19.4 Å². The molecule has 0 radical (unpaired) electrons. The Balaban J connectivity index is 4.20. The molecule has 0 heterocycles. The Morgan fingerprint density at radius 2 is 0.806 bits per heavy atom. The number of unbranched alkanes of at least 4 members (excludes halogenated alkanes) is 33. The van der Waals surface area contributed by atoms with Gasteiger partial charge in [-0.3, -0.25) is 23.4 Å².